The van der Waals surface area contributed by atoms with Crippen molar-refractivity contribution in [3.8, 4) is 0 Å². The van der Waals surface area contributed by atoms with Crippen LogP contribution in [0.3, 0.4) is 0 Å². The maximum Gasteiger partial charge on any atom is 0.0712 e. The Morgan fingerprint density at radius 1 is 1.24 bits per heavy atom. The Hall–Kier alpha value is -0.130. The van der Waals surface area contributed by atoms with Gasteiger partial charge in [-0.25, -0.2) is 0 Å². The van der Waals surface area contributed by atoms with Gasteiger partial charge in [0.1, 0.15) is 0 Å². The summed E-state index contributed by atoms with van der Waals surface area (Å²) in [7, 11) is 0. The highest BCUT2D eigenvalue weighted by Crippen LogP contribution is 2.26. The van der Waals surface area contributed by atoms with Gasteiger partial charge >= 0.3 is 0 Å². The fourth-order valence-electron chi connectivity index (χ4n) is 2.44. The molecule has 17 heavy (non-hydrogen) atoms. The molecular formula is C14H20INO. The van der Waals surface area contributed by atoms with Gasteiger partial charge in [-0.2, -0.15) is 0 Å². The standard InChI is InChI=1S/C14H20INO/c1-2-16-9-7-14(17,8-10-16)11-12-3-5-13(15)6-4-12/h3-6,17H,2,7-11H2,1H3. The van der Waals surface area contributed by atoms with E-state index >= 15 is 0 Å². The van der Waals surface area contributed by atoms with E-state index in [2.05, 4.69) is 58.7 Å². The molecule has 1 N–H and O–H groups in total. The largest absolute Gasteiger partial charge is 0.389 e. The maximum atomic E-state index is 10.6. The van der Waals surface area contributed by atoms with Gasteiger partial charge in [0.05, 0.1) is 5.60 Å². The fraction of sp³-hybridized carbons (Fsp3) is 0.571. The number of rotatable bonds is 3. The van der Waals surface area contributed by atoms with Crippen LogP contribution >= 0.6 is 22.6 Å². The minimum absolute atomic E-state index is 0.488. The third-order valence-electron chi connectivity index (χ3n) is 3.68. The zero-order chi connectivity index (χ0) is 12.3. The summed E-state index contributed by atoms with van der Waals surface area (Å²) in [6, 6.07) is 8.48. The lowest BCUT2D eigenvalue weighted by atomic mass is 9.85. The molecule has 0 saturated carbocycles. The van der Waals surface area contributed by atoms with Crippen molar-refractivity contribution in [2.45, 2.75) is 31.8 Å². The van der Waals surface area contributed by atoms with Gasteiger partial charge in [0.15, 0.2) is 0 Å². The Morgan fingerprint density at radius 2 is 1.82 bits per heavy atom. The molecule has 0 spiro atoms. The van der Waals surface area contributed by atoms with E-state index in [4.69, 9.17) is 0 Å². The summed E-state index contributed by atoms with van der Waals surface area (Å²) in [5.41, 5.74) is 0.760. The second kappa shape index (κ2) is 5.67. The minimum atomic E-state index is -0.488. The SMILES string of the molecule is CCN1CCC(O)(Cc2ccc(I)cc2)CC1. The highest BCUT2D eigenvalue weighted by atomic mass is 127. The molecular weight excluding hydrogens is 325 g/mol. The number of aliphatic hydroxyl groups is 1. The van der Waals surface area contributed by atoms with Crippen LogP contribution in [0, 0.1) is 3.57 Å². The highest BCUT2D eigenvalue weighted by Gasteiger charge is 2.31. The minimum Gasteiger partial charge on any atom is -0.389 e. The number of halogens is 1. The number of nitrogens with zero attached hydrogens (tertiary/aromatic N) is 1. The van der Waals surface area contributed by atoms with Crippen LogP contribution in [0.1, 0.15) is 25.3 Å². The van der Waals surface area contributed by atoms with Gasteiger partial charge in [0.25, 0.3) is 0 Å². The van der Waals surface area contributed by atoms with Crippen molar-refractivity contribution in [2.75, 3.05) is 19.6 Å². The van der Waals surface area contributed by atoms with Crippen LogP contribution in [0.25, 0.3) is 0 Å². The molecule has 1 aromatic rings. The molecule has 2 nitrogen and oxygen atoms in total. The third kappa shape index (κ3) is 3.66. The molecule has 1 heterocycles. The molecule has 1 aliphatic rings. The summed E-state index contributed by atoms with van der Waals surface area (Å²) in [6.07, 6.45) is 2.58. The molecule has 0 bridgehead atoms. The number of benzene rings is 1. The predicted molar refractivity (Wildman–Crippen MR) is 79.2 cm³/mol. The van der Waals surface area contributed by atoms with Crippen LogP contribution in [-0.2, 0) is 6.42 Å². The normalized spacial score (nSPS) is 20.4. The maximum absolute atomic E-state index is 10.6. The molecule has 0 amide bonds. The Bertz CT molecular complexity index is 355. The van der Waals surface area contributed by atoms with Crippen LogP contribution in [-0.4, -0.2) is 35.2 Å². The van der Waals surface area contributed by atoms with Crippen molar-refractivity contribution in [2.24, 2.45) is 0 Å². The lowest BCUT2D eigenvalue weighted by Gasteiger charge is -2.38. The van der Waals surface area contributed by atoms with Gasteiger partial charge in [0.2, 0.25) is 0 Å². The predicted octanol–water partition coefficient (Wildman–Crippen LogP) is 2.68. The van der Waals surface area contributed by atoms with E-state index in [1.807, 2.05) is 0 Å². The average molecular weight is 345 g/mol. The van der Waals surface area contributed by atoms with Crippen molar-refractivity contribution < 1.29 is 5.11 Å². The molecule has 3 heteroatoms. The monoisotopic (exact) mass is 345 g/mol. The van der Waals surface area contributed by atoms with E-state index in [9.17, 15) is 5.11 Å². The summed E-state index contributed by atoms with van der Waals surface area (Å²) in [4.78, 5) is 2.41. The van der Waals surface area contributed by atoms with Gasteiger partial charge < -0.3 is 10.0 Å². The fourth-order valence-corrected chi connectivity index (χ4v) is 2.80. The Labute approximate surface area is 117 Å². The smallest absolute Gasteiger partial charge is 0.0712 e. The summed E-state index contributed by atoms with van der Waals surface area (Å²) >= 11 is 2.31. The van der Waals surface area contributed by atoms with Crippen molar-refractivity contribution in [1.29, 1.82) is 0 Å². The Morgan fingerprint density at radius 3 is 2.35 bits per heavy atom. The van der Waals surface area contributed by atoms with Crippen molar-refractivity contribution >= 4 is 22.6 Å². The van der Waals surface area contributed by atoms with Crippen LogP contribution in [0.5, 0.6) is 0 Å². The molecule has 0 radical (unpaired) electrons. The Kier molecular flexibility index (Phi) is 4.44. The molecule has 0 aromatic heterocycles. The van der Waals surface area contributed by atoms with E-state index in [0.717, 1.165) is 38.9 Å². The first-order valence-corrected chi connectivity index (χ1v) is 7.38. The first kappa shape index (κ1) is 13.3. The second-order valence-corrected chi connectivity index (χ2v) is 6.21. The molecule has 0 atom stereocenters. The quantitative estimate of drug-likeness (QED) is 0.852. The average Bonchev–Trinajstić information content (AvgIpc) is 2.33. The zero-order valence-electron chi connectivity index (χ0n) is 10.3. The van der Waals surface area contributed by atoms with Crippen LogP contribution < -0.4 is 0 Å². The van der Waals surface area contributed by atoms with Crippen molar-refractivity contribution in [3.05, 3.63) is 33.4 Å². The molecule has 94 valence electrons. The summed E-state index contributed by atoms with van der Waals surface area (Å²) in [6.45, 7) is 5.33. The van der Waals surface area contributed by atoms with Crippen LogP contribution in [0.4, 0.5) is 0 Å². The molecule has 1 saturated heterocycles. The number of hydrogen-bond acceptors (Lipinski definition) is 2. The van der Waals surface area contributed by atoms with Crippen molar-refractivity contribution in [1.82, 2.24) is 4.90 Å². The van der Waals surface area contributed by atoms with E-state index in [0.29, 0.717) is 0 Å². The van der Waals surface area contributed by atoms with Crippen LogP contribution in [0.15, 0.2) is 24.3 Å². The summed E-state index contributed by atoms with van der Waals surface area (Å²) in [5.74, 6) is 0. The summed E-state index contributed by atoms with van der Waals surface area (Å²) in [5, 5.41) is 10.6. The number of likely N-dealkylation sites (tertiary alicyclic amines) is 1. The topological polar surface area (TPSA) is 23.5 Å². The van der Waals surface area contributed by atoms with Gasteiger partial charge in [-0.3, -0.25) is 0 Å². The molecule has 0 unspecified atom stereocenters. The lowest BCUT2D eigenvalue weighted by Crippen LogP contribution is -2.45. The van der Waals surface area contributed by atoms with Crippen LogP contribution in [0.2, 0.25) is 0 Å². The van der Waals surface area contributed by atoms with E-state index in [1.54, 1.807) is 0 Å². The van der Waals surface area contributed by atoms with Gasteiger partial charge in [-0.1, -0.05) is 19.1 Å². The highest BCUT2D eigenvalue weighted by molar-refractivity contribution is 14.1. The summed E-state index contributed by atoms with van der Waals surface area (Å²) < 4.78 is 1.25. The molecule has 2 rings (SSSR count). The first-order chi connectivity index (χ1) is 8.11. The lowest BCUT2D eigenvalue weighted by molar-refractivity contribution is -0.0194. The number of piperidine rings is 1. The van der Waals surface area contributed by atoms with E-state index in [-0.39, 0.29) is 0 Å². The van der Waals surface area contributed by atoms with E-state index < -0.39 is 5.60 Å². The zero-order valence-corrected chi connectivity index (χ0v) is 12.5. The first-order valence-electron chi connectivity index (χ1n) is 6.30. The molecule has 1 aliphatic heterocycles. The Balaban J connectivity index is 1.96. The van der Waals surface area contributed by atoms with E-state index in [1.165, 1.54) is 9.13 Å². The van der Waals surface area contributed by atoms with Gasteiger partial charge in [-0.15, -0.1) is 0 Å². The number of hydrogen-bond donors (Lipinski definition) is 1. The molecule has 0 aliphatic carbocycles. The molecule has 1 fully saturated rings. The molecule has 1 aromatic carbocycles. The van der Waals surface area contributed by atoms with Gasteiger partial charge in [-0.05, 0) is 59.7 Å². The third-order valence-corrected chi connectivity index (χ3v) is 4.40. The van der Waals surface area contributed by atoms with Gasteiger partial charge in [0, 0.05) is 23.1 Å². The van der Waals surface area contributed by atoms with Crippen molar-refractivity contribution in [3.63, 3.8) is 0 Å². The second-order valence-electron chi connectivity index (χ2n) is 4.96.